The molecule has 0 bridgehead atoms. The van der Waals surface area contributed by atoms with Gasteiger partial charge in [-0.2, -0.15) is 0 Å². The smallest absolute Gasteiger partial charge is 0.339 e. The van der Waals surface area contributed by atoms with Crippen molar-refractivity contribution in [1.29, 1.82) is 0 Å². The van der Waals surface area contributed by atoms with E-state index in [4.69, 9.17) is 27.9 Å². The number of esters is 1. The summed E-state index contributed by atoms with van der Waals surface area (Å²) < 4.78 is 4.86. The van der Waals surface area contributed by atoms with Crippen molar-refractivity contribution in [2.24, 2.45) is 0 Å². The summed E-state index contributed by atoms with van der Waals surface area (Å²) in [5, 5.41) is 9.38. The molecule has 0 aromatic rings. The molecule has 0 fully saturated rings. The van der Waals surface area contributed by atoms with Crippen LogP contribution in [0.25, 0.3) is 0 Å². The van der Waals surface area contributed by atoms with Crippen molar-refractivity contribution < 1.29 is 14.6 Å². The van der Waals surface area contributed by atoms with Crippen molar-refractivity contribution in [3.63, 3.8) is 0 Å². The minimum Gasteiger partial charge on any atom is -0.457 e. The zero-order valence-electron chi connectivity index (χ0n) is 6.82. The van der Waals surface area contributed by atoms with Crippen LogP contribution < -0.4 is 0 Å². The summed E-state index contributed by atoms with van der Waals surface area (Å²) in [6.45, 7) is 0. The maximum Gasteiger partial charge on any atom is 0.339 e. The van der Waals surface area contributed by atoms with Crippen LogP contribution >= 0.6 is 23.2 Å². The number of halogens is 2. The zero-order valence-corrected chi connectivity index (χ0v) is 8.33. The van der Waals surface area contributed by atoms with Crippen molar-refractivity contribution in [2.75, 3.05) is 0 Å². The first-order chi connectivity index (χ1) is 6.11. The van der Waals surface area contributed by atoms with Gasteiger partial charge in [-0.1, -0.05) is 35.4 Å². The Balaban J connectivity index is 2.44. The summed E-state index contributed by atoms with van der Waals surface area (Å²) >= 11 is 10.6. The van der Waals surface area contributed by atoms with Crippen LogP contribution in [0.4, 0.5) is 0 Å². The normalized spacial score (nSPS) is 27.7. The molecule has 0 saturated heterocycles. The molecule has 13 heavy (non-hydrogen) atoms. The van der Waals surface area contributed by atoms with Crippen LogP contribution in [0.15, 0.2) is 12.2 Å². The summed E-state index contributed by atoms with van der Waals surface area (Å²) in [5.74, 6) is -0.706. The van der Waals surface area contributed by atoms with E-state index >= 15 is 0 Å². The molecule has 0 aromatic carbocycles. The minimum absolute atomic E-state index is 0.493. The molecule has 0 heterocycles. The standard InChI is InChI=1S/C8H10Cl2O3/c9-7(10)8(12)13-6-4-2-1-3-5(6)11/h1-2,5-7,11H,3-4H2/t5-,6+/m0/s1. The molecule has 0 spiro atoms. The monoisotopic (exact) mass is 224 g/mol. The molecule has 0 aliphatic heterocycles. The third-order valence-corrected chi connectivity index (χ3v) is 2.14. The first-order valence-corrected chi connectivity index (χ1v) is 4.80. The lowest BCUT2D eigenvalue weighted by molar-refractivity contribution is -0.152. The lowest BCUT2D eigenvalue weighted by Gasteiger charge is -2.24. The van der Waals surface area contributed by atoms with E-state index in [0.717, 1.165) is 0 Å². The Hall–Kier alpha value is -0.250. The maximum absolute atomic E-state index is 10.9. The van der Waals surface area contributed by atoms with Gasteiger partial charge in [-0.25, -0.2) is 4.79 Å². The molecule has 1 rings (SSSR count). The van der Waals surface area contributed by atoms with Crippen molar-refractivity contribution in [1.82, 2.24) is 0 Å². The van der Waals surface area contributed by atoms with Gasteiger partial charge in [0, 0.05) is 6.42 Å². The molecule has 0 aromatic heterocycles. The van der Waals surface area contributed by atoms with Gasteiger partial charge in [0.05, 0.1) is 6.10 Å². The van der Waals surface area contributed by atoms with Crippen LogP contribution in [0.3, 0.4) is 0 Å². The van der Waals surface area contributed by atoms with E-state index in [1.165, 1.54) is 0 Å². The first kappa shape index (κ1) is 10.8. The van der Waals surface area contributed by atoms with Gasteiger partial charge in [-0.15, -0.1) is 0 Å². The highest BCUT2D eigenvalue weighted by Crippen LogP contribution is 2.17. The van der Waals surface area contributed by atoms with E-state index in [2.05, 4.69) is 0 Å². The van der Waals surface area contributed by atoms with Gasteiger partial charge >= 0.3 is 5.97 Å². The fraction of sp³-hybridized carbons (Fsp3) is 0.625. The van der Waals surface area contributed by atoms with E-state index < -0.39 is 23.0 Å². The average molecular weight is 225 g/mol. The van der Waals surface area contributed by atoms with Gasteiger partial charge in [0.2, 0.25) is 4.84 Å². The Morgan fingerprint density at radius 1 is 1.46 bits per heavy atom. The average Bonchev–Trinajstić information content (AvgIpc) is 2.08. The van der Waals surface area contributed by atoms with Crippen LogP contribution in [-0.4, -0.2) is 28.1 Å². The molecule has 3 nitrogen and oxygen atoms in total. The number of aliphatic hydroxyl groups is 1. The molecule has 5 heteroatoms. The van der Waals surface area contributed by atoms with E-state index in [1.54, 1.807) is 0 Å². The van der Waals surface area contributed by atoms with Gasteiger partial charge in [-0.05, 0) is 6.42 Å². The van der Waals surface area contributed by atoms with E-state index in [-0.39, 0.29) is 0 Å². The number of rotatable bonds is 2. The fourth-order valence-corrected chi connectivity index (χ4v) is 1.21. The Morgan fingerprint density at radius 3 is 2.62 bits per heavy atom. The van der Waals surface area contributed by atoms with Crippen LogP contribution in [0.5, 0.6) is 0 Å². The van der Waals surface area contributed by atoms with Crippen LogP contribution in [0, 0.1) is 0 Å². The molecule has 74 valence electrons. The zero-order chi connectivity index (χ0) is 9.84. The Labute approximate surface area is 86.3 Å². The molecular formula is C8H10Cl2O3. The number of carbonyl (C=O) groups excluding carboxylic acids is 1. The van der Waals surface area contributed by atoms with Crippen molar-refractivity contribution >= 4 is 29.2 Å². The molecular weight excluding hydrogens is 215 g/mol. The van der Waals surface area contributed by atoms with Crippen LogP contribution in [-0.2, 0) is 9.53 Å². The van der Waals surface area contributed by atoms with Gasteiger partial charge in [0.1, 0.15) is 6.10 Å². The number of aliphatic hydroxyl groups excluding tert-OH is 1. The lowest BCUT2D eigenvalue weighted by atomic mass is 10.0. The summed E-state index contributed by atoms with van der Waals surface area (Å²) in [4.78, 5) is 9.75. The number of hydrogen-bond acceptors (Lipinski definition) is 3. The molecule has 0 radical (unpaired) electrons. The second-order valence-electron chi connectivity index (χ2n) is 2.79. The first-order valence-electron chi connectivity index (χ1n) is 3.93. The molecule has 2 atom stereocenters. The molecule has 0 saturated carbocycles. The molecule has 1 N–H and O–H groups in total. The minimum atomic E-state index is -1.18. The Bertz CT molecular complexity index is 215. The highest BCUT2D eigenvalue weighted by Gasteiger charge is 2.26. The van der Waals surface area contributed by atoms with Crippen molar-refractivity contribution in [3.8, 4) is 0 Å². The van der Waals surface area contributed by atoms with Gasteiger partial charge in [0.25, 0.3) is 0 Å². The Kier molecular flexibility index (Phi) is 4.03. The molecule has 0 unspecified atom stereocenters. The Morgan fingerprint density at radius 2 is 2.08 bits per heavy atom. The predicted octanol–water partition coefficient (Wildman–Crippen LogP) is 1.41. The SMILES string of the molecule is O=C(O[C@@H]1CC=CC[C@@H]1O)C(Cl)Cl. The number of alkyl halides is 2. The quantitative estimate of drug-likeness (QED) is 0.439. The largest absolute Gasteiger partial charge is 0.457 e. The molecule has 1 aliphatic rings. The summed E-state index contributed by atoms with van der Waals surface area (Å²) in [7, 11) is 0. The third-order valence-electron chi connectivity index (χ3n) is 1.79. The number of ether oxygens (including phenoxy) is 1. The number of hydrogen-bond donors (Lipinski definition) is 1. The summed E-state index contributed by atoms with van der Waals surface area (Å²) in [6, 6.07) is 0. The maximum atomic E-state index is 10.9. The van der Waals surface area contributed by atoms with Crippen LogP contribution in [0.2, 0.25) is 0 Å². The summed E-state index contributed by atoms with van der Waals surface area (Å²) in [6.07, 6.45) is 3.52. The second-order valence-corrected chi connectivity index (χ2v) is 3.88. The fourth-order valence-electron chi connectivity index (χ4n) is 1.10. The lowest BCUT2D eigenvalue weighted by Crippen LogP contribution is -2.33. The molecule has 0 amide bonds. The van der Waals surface area contributed by atoms with E-state index in [0.29, 0.717) is 12.8 Å². The highest BCUT2D eigenvalue weighted by atomic mass is 35.5. The predicted molar refractivity (Wildman–Crippen MR) is 49.8 cm³/mol. The van der Waals surface area contributed by atoms with E-state index in [1.807, 2.05) is 12.2 Å². The van der Waals surface area contributed by atoms with Crippen LogP contribution in [0.1, 0.15) is 12.8 Å². The van der Waals surface area contributed by atoms with E-state index in [9.17, 15) is 9.90 Å². The van der Waals surface area contributed by atoms with Gasteiger partial charge < -0.3 is 9.84 Å². The molecule has 1 aliphatic carbocycles. The topological polar surface area (TPSA) is 46.5 Å². The van der Waals surface area contributed by atoms with Gasteiger partial charge in [-0.3, -0.25) is 0 Å². The summed E-state index contributed by atoms with van der Waals surface area (Å²) in [5.41, 5.74) is 0. The van der Waals surface area contributed by atoms with Gasteiger partial charge in [0.15, 0.2) is 0 Å². The van der Waals surface area contributed by atoms with Crippen molar-refractivity contribution in [3.05, 3.63) is 12.2 Å². The van der Waals surface area contributed by atoms with Crippen molar-refractivity contribution in [2.45, 2.75) is 29.9 Å². The second kappa shape index (κ2) is 4.84. The third kappa shape index (κ3) is 3.18. The number of carbonyl (C=O) groups is 1. The highest BCUT2D eigenvalue weighted by molar-refractivity contribution is 6.52.